The second-order valence-electron chi connectivity index (χ2n) is 10.5. The topological polar surface area (TPSA) is 96.0 Å². The number of carbonyl (C=O) groups is 2. The summed E-state index contributed by atoms with van der Waals surface area (Å²) in [5.41, 5.74) is 1.04. The van der Waals surface area contributed by atoms with Gasteiger partial charge in [0.05, 0.1) is 17.2 Å². The number of ether oxygens (including phenoxy) is 1. The molecule has 1 unspecified atom stereocenters. The third kappa shape index (κ3) is 8.43. The Bertz CT molecular complexity index is 1480. The highest BCUT2D eigenvalue weighted by Gasteiger charge is 2.34. The van der Waals surface area contributed by atoms with Crippen molar-refractivity contribution in [1.29, 1.82) is 0 Å². The average Bonchev–Trinajstić information content (AvgIpc) is 3.50. The number of rotatable bonds is 13. The van der Waals surface area contributed by atoms with Gasteiger partial charge >= 0.3 is 0 Å². The van der Waals surface area contributed by atoms with Crippen LogP contribution in [-0.2, 0) is 26.2 Å². The normalized spacial score (nSPS) is 14.2. The van der Waals surface area contributed by atoms with Gasteiger partial charge in [-0.2, -0.15) is 0 Å². The number of amides is 2. The van der Waals surface area contributed by atoms with Gasteiger partial charge in [0, 0.05) is 22.6 Å². The summed E-state index contributed by atoms with van der Waals surface area (Å²) < 4.78 is 34.6. The van der Waals surface area contributed by atoms with Crippen LogP contribution in [0.25, 0.3) is 0 Å². The fourth-order valence-corrected chi connectivity index (χ4v) is 6.88. The molecule has 0 heterocycles. The number of hydrogen-bond donors (Lipinski definition) is 1. The summed E-state index contributed by atoms with van der Waals surface area (Å²) in [6.07, 6.45) is 4.25. The van der Waals surface area contributed by atoms with Crippen LogP contribution in [0.5, 0.6) is 5.75 Å². The van der Waals surface area contributed by atoms with E-state index in [1.807, 2.05) is 13.8 Å². The van der Waals surface area contributed by atoms with Crippen molar-refractivity contribution >= 4 is 50.7 Å². The minimum atomic E-state index is -4.21. The molecule has 0 bridgehead atoms. The minimum absolute atomic E-state index is 0.0196. The van der Waals surface area contributed by atoms with E-state index in [1.165, 1.54) is 29.2 Å². The number of anilines is 1. The van der Waals surface area contributed by atoms with Crippen molar-refractivity contribution < 1.29 is 22.7 Å². The zero-order valence-corrected chi connectivity index (χ0v) is 26.7. The number of sulfonamides is 1. The molecule has 1 atom stereocenters. The van der Waals surface area contributed by atoms with Crippen LogP contribution in [0, 0.1) is 0 Å². The summed E-state index contributed by atoms with van der Waals surface area (Å²) in [5.74, 6) is -0.194. The van der Waals surface area contributed by atoms with Crippen molar-refractivity contribution in [2.75, 3.05) is 17.5 Å². The van der Waals surface area contributed by atoms with Gasteiger partial charge in [0.1, 0.15) is 18.3 Å². The predicted molar refractivity (Wildman–Crippen MR) is 170 cm³/mol. The quantitative estimate of drug-likeness (QED) is 0.230. The van der Waals surface area contributed by atoms with Crippen molar-refractivity contribution in [2.24, 2.45) is 0 Å². The van der Waals surface area contributed by atoms with Crippen LogP contribution in [0.3, 0.4) is 0 Å². The predicted octanol–water partition coefficient (Wildman–Crippen LogP) is 6.45. The molecule has 3 aromatic carbocycles. The summed E-state index contributed by atoms with van der Waals surface area (Å²) in [7, 11) is -4.21. The lowest BCUT2D eigenvalue weighted by molar-refractivity contribution is -0.140. The summed E-state index contributed by atoms with van der Waals surface area (Å²) in [5, 5.41) is 4.04. The molecule has 1 fully saturated rings. The molecule has 0 aromatic heterocycles. The van der Waals surface area contributed by atoms with Crippen LogP contribution >= 0.6 is 23.2 Å². The Morgan fingerprint density at radius 3 is 2.05 bits per heavy atom. The molecule has 11 heteroatoms. The summed E-state index contributed by atoms with van der Waals surface area (Å²) in [4.78, 5) is 29.2. The number of hydrogen-bond acceptors (Lipinski definition) is 5. The van der Waals surface area contributed by atoms with Crippen LogP contribution in [0.4, 0.5) is 5.69 Å². The van der Waals surface area contributed by atoms with E-state index in [-0.39, 0.29) is 29.1 Å². The van der Waals surface area contributed by atoms with Gasteiger partial charge in [-0.3, -0.25) is 13.9 Å². The standard InChI is InChI=1S/C32H37Cl2N3O5S/c1-3-30(32(39)35-26-7-5-6-8-26)36(21-23-9-11-24(33)12-10-23)31(38)22-37(27-15-17-28(18-16-27)42-4-2)43(40,41)29-19-13-25(34)14-20-29/h9-20,26,30H,3-8,21-22H2,1-2H3,(H,35,39). The Balaban J connectivity index is 1.71. The van der Waals surface area contributed by atoms with E-state index in [2.05, 4.69) is 5.32 Å². The first-order chi connectivity index (χ1) is 20.6. The van der Waals surface area contributed by atoms with Gasteiger partial charge < -0.3 is 15.0 Å². The van der Waals surface area contributed by atoms with Gasteiger partial charge in [-0.25, -0.2) is 8.42 Å². The van der Waals surface area contributed by atoms with E-state index < -0.39 is 28.5 Å². The number of carbonyl (C=O) groups excluding carboxylic acids is 2. The Morgan fingerprint density at radius 2 is 1.49 bits per heavy atom. The van der Waals surface area contributed by atoms with Crippen LogP contribution < -0.4 is 14.4 Å². The molecule has 1 aliphatic rings. The Hall–Kier alpha value is -3.27. The monoisotopic (exact) mass is 645 g/mol. The molecule has 4 rings (SSSR count). The maximum atomic E-state index is 14.2. The lowest BCUT2D eigenvalue weighted by atomic mass is 10.1. The molecule has 8 nitrogen and oxygen atoms in total. The van der Waals surface area contributed by atoms with Gasteiger partial charge in [0.2, 0.25) is 11.8 Å². The van der Waals surface area contributed by atoms with E-state index in [0.717, 1.165) is 35.6 Å². The average molecular weight is 647 g/mol. The molecular formula is C32H37Cl2N3O5S. The fraction of sp³-hybridized carbons (Fsp3) is 0.375. The molecule has 0 spiro atoms. The van der Waals surface area contributed by atoms with Gasteiger partial charge in [-0.05, 0) is 92.4 Å². The second kappa shape index (κ2) is 14.9. The third-order valence-electron chi connectivity index (χ3n) is 7.47. The smallest absolute Gasteiger partial charge is 0.264 e. The fourth-order valence-electron chi connectivity index (χ4n) is 5.21. The summed E-state index contributed by atoms with van der Waals surface area (Å²) in [6, 6.07) is 18.6. The molecule has 2 amide bonds. The van der Waals surface area contributed by atoms with E-state index in [9.17, 15) is 18.0 Å². The van der Waals surface area contributed by atoms with Crippen molar-refractivity contribution in [3.8, 4) is 5.75 Å². The largest absolute Gasteiger partial charge is 0.494 e. The van der Waals surface area contributed by atoms with Crippen LogP contribution in [-0.4, -0.2) is 50.4 Å². The third-order valence-corrected chi connectivity index (χ3v) is 9.76. The second-order valence-corrected chi connectivity index (χ2v) is 13.2. The maximum absolute atomic E-state index is 14.2. The van der Waals surface area contributed by atoms with E-state index in [4.69, 9.17) is 27.9 Å². The zero-order valence-electron chi connectivity index (χ0n) is 24.3. The first kappa shape index (κ1) is 32.6. The lowest BCUT2D eigenvalue weighted by Gasteiger charge is -2.33. The Kier molecular flexibility index (Phi) is 11.3. The first-order valence-electron chi connectivity index (χ1n) is 14.5. The van der Waals surface area contributed by atoms with Crippen LogP contribution in [0.2, 0.25) is 10.0 Å². The highest BCUT2D eigenvalue weighted by Crippen LogP contribution is 2.28. The molecule has 1 aliphatic carbocycles. The number of halogens is 2. The first-order valence-corrected chi connectivity index (χ1v) is 16.7. The zero-order chi connectivity index (χ0) is 31.0. The molecule has 0 radical (unpaired) electrons. The highest BCUT2D eigenvalue weighted by atomic mass is 35.5. The molecule has 1 N–H and O–H groups in total. The molecule has 230 valence electrons. The van der Waals surface area contributed by atoms with Gasteiger partial charge in [-0.15, -0.1) is 0 Å². The van der Waals surface area contributed by atoms with E-state index in [1.54, 1.807) is 48.5 Å². The van der Waals surface area contributed by atoms with Crippen LogP contribution in [0.1, 0.15) is 51.5 Å². The van der Waals surface area contributed by atoms with E-state index >= 15 is 0 Å². The van der Waals surface area contributed by atoms with Crippen molar-refractivity contribution in [3.63, 3.8) is 0 Å². The molecule has 1 saturated carbocycles. The van der Waals surface area contributed by atoms with Crippen molar-refractivity contribution in [1.82, 2.24) is 10.2 Å². The van der Waals surface area contributed by atoms with Crippen molar-refractivity contribution in [2.45, 2.75) is 69.5 Å². The van der Waals surface area contributed by atoms with E-state index in [0.29, 0.717) is 28.8 Å². The number of nitrogens with zero attached hydrogens (tertiary/aromatic N) is 2. The van der Waals surface area contributed by atoms with Gasteiger partial charge in [0.15, 0.2) is 0 Å². The molecule has 43 heavy (non-hydrogen) atoms. The number of nitrogens with one attached hydrogen (secondary N) is 1. The SMILES string of the molecule is CCOc1ccc(N(CC(=O)N(Cc2ccc(Cl)cc2)C(CC)C(=O)NC2CCCC2)S(=O)(=O)c2ccc(Cl)cc2)cc1. The Labute approximate surface area is 264 Å². The molecule has 0 aliphatic heterocycles. The minimum Gasteiger partial charge on any atom is -0.494 e. The van der Waals surface area contributed by atoms with Crippen LogP contribution in [0.15, 0.2) is 77.7 Å². The molecule has 0 saturated heterocycles. The highest BCUT2D eigenvalue weighted by molar-refractivity contribution is 7.92. The van der Waals surface area contributed by atoms with Gasteiger partial charge in [-0.1, -0.05) is 55.1 Å². The van der Waals surface area contributed by atoms with Crippen molar-refractivity contribution in [3.05, 3.63) is 88.4 Å². The lowest BCUT2D eigenvalue weighted by Crippen LogP contribution is -2.53. The van der Waals surface area contributed by atoms with Gasteiger partial charge in [0.25, 0.3) is 10.0 Å². The Morgan fingerprint density at radius 1 is 0.907 bits per heavy atom. The number of benzene rings is 3. The molecular weight excluding hydrogens is 609 g/mol. The maximum Gasteiger partial charge on any atom is 0.264 e. The summed E-state index contributed by atoms with van der Waals surface area (Å²) >= 11 is 12.1. The summed E-state index contributed by atoms with van der Waals surface area (Å²) in [6.45, 7) is 3.72. The molecule has 3 aromatic rings.